The zero-order valence-electron chi connectivity index (χ0n) is 16.5. The summed E-state index contributed by atoms with van der Waals surface area (Å²) in [5.41, 5.74) is 0.345. The van der Waals surface area contributed by atoms with Crippen LogP contribution < -0.4 is 5.56 Å². The highest BCUT2D eigenvalue weighted by Crippen LogP contribution is 2.26. The van der Waals surface area contributed by atoms with Gasteiger partial charge in [-0.3, -0.25) is 9.59 Å². The molecule has 7 nitrogen and oxygen atoms in total. The average Bonchev–Trinajstić information content (AvgIpc) is 3.14. The van der Waals surface area contributed by atoms with E-state index < -0.39 is 0 Å². The van der Waals surface area contributed by atoms with Crippen molar-refractivity contribution in [1.82, 2.24) is 23.9 Å². The molecule has 3 heterocycles. The molecule has 0 aromatic carbocycles. The summed E-state index contributed by atoms with van der Waals surface area (Å²) in [6.45, 7) is 5.74. The molecule has 7 heteroatoms. The van der Waals surface area contributed by atoms with Crippen molar-refractivity contribution in [3.63, 3.8) is 0 Å². The van der Waals surface area contributed by atoms with Gasteiger partial charge in [0, 0.05) is 68.9 Å². The van der Waals surface area contributed by atoms with Crippen molar-refractivity contribution in [2.24, 2.45) is 0 Å². The number of carbonyl (C=O) groups is 1. The van der Waals surface area contributed by atoms with Gasteiger partial charge >= 0.3 is 0 Å². The number of pyridine rings is 1. The van der Waals surface area contributed by atoms with Gasteiger partial charge in [-0.1, -0.05) is 0 Å². The molecule has 2 aromatic heterocycles. The van der Waals surface area contributed by atoms with Crippen molar-refractivity contribution >= 4 is 5.91 Å². The SMILES string of the molecule is CCn1ccc(C(=O)N2CCC[C@@H](c3nccn3CCN(C)C)C2)cc1=O. The van der Waals surface area contributed by atoms with Crippen LogP contribution in [0.3, 0.4) is 0 Å². The Morgan fingerprint density at radius 2 is 2.11 bits per heavy atom. The molecule has 1 aliphatic heterocycles. The van der Waals surface area contributed by atoms with E-state index in [2.05, 4.69) is 28.5 Å². The number of imidazole rings is 1. The van der Waals surface area contributed by atoms with Crippen LogP contribution in [0.2, 0.25) is 0 Å². The monoisotopic (exact) mass is 371 g/mol. The van der Waals surface area contributed by atoms with E-state index in [-0.39, 0.29) is 17.4 Å². The third kappa shape index (κ3) is 4.47. The van der Waals surface area contributed by atoms with Crippen LogP contribution in [0.15, 0.2) is 35.5 Å². The number of aryl methyl sites for hydroxylation is 1. The molecule has 1 atom stereocenters. The first-order valence-corrected chi connectivity index (χ1v) is 9.65. The Morgan fingerprint density at radius 1 is 1.30 bits per heavy atom. The molecule has 0 radical (unpaired) electrons. The Hall–Kier alpha value is -2.41. The van der Waals surface area contributed by atoms with Crippen molar-refractivity contribution in [3.8, 4) is 0 Å². The molecular weight excluding hydrogens is 342 g/mol. The van der Waals surface area contributed by atoms with Crippen molar-refractivity contribution in [1.29, 1.82) is 0 Å². The number of likely N-dealkylation sites (tertiary alicyclic amines) is 1. The van der Waals surface area contributed by atoms with Crippen LogP contribution in [0, 0.1) is 0 Å². The highest BCUT2D eigenvalue weighted by Gasteiger charge is 2.28. The molecule has 0 bridgehead atoms. The van der Waals surface area contributed by atoms with Crippen LogP contribution in [0.25, 0.3) is 0 Å². The summed E-state index contributed by atoms with van der Waals surface area (Å²) in [4.78, 5) is 33.6. The largest absolute Gasteiger partial charge is 0.338 e. The van der Waals surface area contributed by atoms with Crippen LogP contribution in [0.1, 0.15) is 41.9 Å². The van der Waals surface area contributed by atoms with Crippen molar-refractivity contribution in [2.75, 3.05) is 33.7 Å². The van der Waals surface area contributed by atoms with Crippen molar-refractivity contribution in [2.45, 2.75) is 38.8 Å². The molecule has 0 saturated carbocycles. The number of aromatic nitrogens is 3. The molecule has 146 valence electrons. The molecule has 1 aliphatic rings. The van der Waals surface area contributed by atoms with Gasteiger partial charge in [0.2, 0.25) is 0 Å². The van der Waals surface area contributed by atoms with Crippen LogP contribution in [0.4, 0.5) is 0 Å². The Balaban J connectivity index is 1.73. The second kappa shape index (κ2) is 8.52. The van der Waals surface area contributed by atoms with Gasteiger partial charge in [0.25, 0.3) is 11.5 Å². The normalized spacial score (nSPS) is 17.5. The van der Waals surface area contributed by atoms with E-state index in [9.17, 15) is 9.59 Å². The van der Waals surface area contributed by atoms with Gasteiger partial charge in [0.1, 0.15) is 5.82 Å². The molecule has 27 heavy (non-hydrogen) atoms. The number of hydrogen-bond donors (Lipinski definition) is 0. The fourth-order valence-corrected chi connectivity index (χ4v) is 3.63. The molecule has 1 saturated heterocycles. The smallest absolute Gasteiger partial charge is 0.254 e. The van der Waals surface area contributed by atoms with Gasteiger partial charge in [-0.2, -0.15) is 0 Å². The molecular formula is C20H29N5O2. The van der Waals surface area contributed by atoms with Crippen LogP contribution in [0.5, 0.6) is 0 Å². The summed E-state index contributed by atoms with van der Waals surface area (Å²) in [7, 11) is 4.12. The fraction of sp³-hybridized carbons (Fsp3) is 0.550. The highest BCUT2D eigenvalue weighted by atomic mass is 16.2. The minimum atomic E-state index is -0.129. The Kier molecular flexibility index (Phi) is 6.11. The third-order valence-corrected chi connectivity index (χ3v) is 5.19. The van der Waals surface area contributed by atoms with Gasteiger partial charge in [-0.15, -0.1) is 0 Å². The number of amides is 1. The van der Waals surface area contributed by atoms with Crippen molar-refractivity contribution < 1.29 is 4.79 Å². The first-order chi connectivity index (χ1) is 13.0. The maximum Gasteiger partial charge on any atom is 0.254 e. The molecule has 2 aromatic rings. The molecule has 0 unspecified atom stereocenters. The standard InChI is InChI=1S/C20H29N5O2/c1-4-23-10-7-16(14-18(23)26)20(27)25-9-5-6-17(15-25)19-21-8-11-24(19)13-12-22(2)3/h7-8,10-11,14,17H,4-6,9,12-13,15H2,1-3H3/t17-/m1/s1. The fourth-order valence-electron chi connectivity index (χ4n) is 3.63. The van der Waals surface area contributed by atoms with Gasteiger partial charge in [-0.25, -0.2) is 4.98 Å². The second-order valence-corrected chi connectivity index (χ2v) is 7.41. The van der Waals surface area contributed by atoms with Gasteiger partial charge in [0.05, 0.1) is 0 Å². The van der Waals surface area contributed by atoms with E-state index in [4.69, 9.17) is 0 Å². The maximum atomic E-state index is 12.9. The number of piperidine rings is 1. The maximum absolute atomic E-state index is 12.9. The lowest BCUT2D eigenvalue weighted by Gasteiger charge is -2.33. The van der Waals surface area contributed by atoms with E-state index in [1.54, 1.807) is 16.8 Å². The summed E-state index contributed by atoms with van der Waals surface area (Å²) in [5, 5.41) is 0. The van der Waals surface area contributed by atoms with E-state index >= 15 is 0 Å². The second-order valence-electron chi connectivity index (χ2n) is 7.41. The lowest BCUT2D eigenvalue weighted by Crippen LogP contribution is -2.40. The molecule has 0 N–H and O–H groups in total. The minimum absolute atomic E-state index is 0.0635. The van der Waals surface area contributed by atoms with Gasteiger partial charge < -0.3 is 18.9 Å². The summed E-state index contributed by atoms with van der Waals surface area (Å²) >= 11 is 0. The van der Waals surface area contributed by atoms with Crippen LogP contribution in [-0.4, -0.2) is 63.6 Å². The Labute approximate surface area is 160 Å². The third-order valence-electron chi connectivity index (χ3n) is 5.19. The molecule has 3 rings (SSSR count). The summed E-state index contributed by atoms with van der Waals surface area (Å²) in [5.74, 6) is 1.22. The molecule has 0 spiro atoms. The number of likely N-dealkylation sites (N-methyl/N-ethyl adjacent to an activating group) is 1. The van der Waals surface area contributed by atoms with Crippen LogP contribution in [-0.2, 0) is 13.1 Å². The van der Waals surface area contributed by atoms with Gasteiger partial charge in [-0.05, 0) is 39.9 Å². The summed E-state index contributed by atoms with van der Waals surface area (Å²) in [6, 6.07) is 3.20. The number of carbonyl (C=O) groups excluding carboxylic acids is 1. The minimum Gasteiger partial charge on any atom is -0.338 e. The summed E-state index contributed by atoms with van der Waals surface area (Å²) < 4.78 is 3.79. The zero-order chi connectivity index (χ0) is 19.4. The Morgan fingerprint density at radius 3 is 2.81 bits per heavy atom. The summed E-state index contributed by atoms with van der Waals surface area (Å²) in [6.07, 6.45) is 7.54. The predicted molar refractivity (Wildman–Crippen MR) is 105 cm³/mol. The highest BCUT2D eigenvalue weighted by molar-refractivity contribution is 5.94. The first-order valence-electron chi connectivity index (χ1n) is 9.65. The molecule has 1 fully saturated rings. The lowest BCUT2D eigenvalue weighted by atomic mass is 9.96. The topological polar surface area (TPSA) is 63.4 Å². The quantitative estimate of drug-likeness (QED) is 0.775. The number of nitrogens with zero attached hydrogens (tertiary/aromatic N) is 5. The molecule has 1 amide bonds. The van der Waals surface area contributed by atoms with E-state index in [0.717, 1.165) is 38.3 Å². The lowest BCUT2D eigenvalue weighted by molar-refractivity contribution is 0.0702. The average molecular weight is 371 g/mol. The van der Waals surface area contributed by atoms with E-state index in [1.807, 2.05) is 24.2 Å². The number of hydrogen-bond acceptors (Lipinski definition) is 4. The van der Waals surface area contributed by atoms with Gasteiger partial charge in [0.15, 0.2) is 0 Å². The molecule has 0 aliphatic carbocycles. The van der Waals surface area contributed by atoms with Crippen LogP contribution >= 0.6 is 0 Å². The predicted octanol–water partition coefficient (Wildman–Crippen LogP) is 1.65. The first kappa shape index (κ1) is 19.4. The van der Waals surface area contributed by atoms with E-state index in [1.165, 1.54) is 6.07 Å². The number of rotatable bonds is 6. The van der Waals surface area contributed by atoms with E-state index in [0.29, 0.717) is 18.7 Å². The Bertz CT molecular complexity index is 839. The zero-order valence-corrected chi connectivity index (χ0v) is 16.5. The van der Waals surface area contributed by atoms with Crippen molar-refractivity contribution in [3.05, 3.63) is 52.5 Å².